The summed E-state index contributed by atoms with van der Waals surface area (Å²) in [7, 11) is 0. The number of likely N-dealkylation sites (tertiary alicyclic amines) is 1. The molecule has 1 aromatic heterocycles. The summed E-state index contributed by atoms with van der Waals surface area (Å²) in [6, 6.07) is 4.71. The van der Waals surface area contributed by atoms with E-state index in [1.165, 1.54) is 12.1 Å². The molecule has 2 saturated heterocycles. The molecule has 140 valence electrons. The third kappa shape index (κ3) is 3.60. The Morgan fingerprint density at radius 1 is 1.04 bits per heavy atom. The molecule has 9 heteroatoms. The van der Waals surface area contributed by atoms with Gasteiger partial charge in [-0.2, -0.15) is 18.2 Å². The second-order valence-corrected chi connectivity index (χ2v) is 6.47. The van der Waals surface area contributed by atoms with Crippen LogP contribution in [0.25, 0.3) is 11.4 Å². The highest BCUT2D eigenvalue weighted by atomic mass is 19.4. The third-order valence-electron chi connectivity index (χ3n) is 4.73. The molecule has 26 heavy (non-hydrogen) atoms. The molecule has 0 saturated carbocycles. The average molecular weight is 369 g/mol. The van der Waals surface area contributed by atoms with Crippen LogP contribution in [0.5, 0.6) is 0 Å². The molecule has 1 aromatic carbocycles. The molecule has 0 radical (unpaired) electrons. The monoisotopic (exact) mass is 369 g/mol. The van der Waals surface area contributed by atoms with Crippen molar-refractivity contribution in [2.45, 2.75) is 31.3 Å². The van der Waals surface area contributed by atoms with Gasteiger partial charge in [-0.05, 0) is 12.1 Å². The minimum Gasteiger partial charge on any atom is -0.347 e. The van der Waals surface area contributed by atoms with Gasteiger partial charge in [-0.25, -0.2) is 0 Å². The van der Waals surface area contributed by atoms with Gasteiger partial charge in [0.15, 0.2) is 5.79 Å². The zero-order valence-electron chi connectivity index (χ0n) is 14.0. The van der Waals surface area contributed by atoms with Crippen LogP contribution in [-0.2, 0) is 22.2 Å². The molecule has 0 atom stereocenters. The van der Waals surface area contributed by atoms with Gasteiger partial charge in [0.25, 0.3) is 0 Å². The Morgan fingerprint density at radius 3 is 2.31 bits per heavy atom. The molecular weight excluding hydrogens is 351 g/mol. The van der Waals surface area contributed by atoms with Crippen LogP contribution < -0.4 is 0 Å². The molecule has 0 unspecified atom stereocenters. The number of benzene rings is 1. The Hall–Kier alpha value is -1.97. The lowest BCUT2D eigenvalue weighted by molar-refractivity contribution is -0.186. The van der Waals surface area contributed by atoms with E-state index in [4.69, 9.17) is 14.0 Å². The fraction of sp³-hybridized carbons (Fsp3) is 0.529. The van der Waals surface area contributed by atoms with Gasteiger partial charge in [0.2, 0.25) is 11.7 Å². The Balaban J connectivity index is 1.38. The van der Waals surface area contributed by atoms with Crippen molar-refractivity contribution in [1.82, 2.24) is 15.0 Å². The van der Waals surface area contributed by atoms with Crippen LogP contribution in [0.4, 0.5) is 13.2 Å². The zero-order chi connectivity index (χ0) is 18.2. The molecule has 0 amide bonds. The van der Waals surface area contributed by atoms with Crippen LogP contribution >= 0.6 is 0 Å². The molecular formula is C17H18F3N3O3. The van der Waals surface area contributed by atoms with Crippen LogP contribution in [0.1, 0.15) is 24.3 Å². The Morgan fingerprint density at radius 2 is 1.69 bits per heavy atom. The van der Waals surface area contributed by atoms with Crippen molar-refractivity contribution in [1.29, 1.82) is 0 Å². The van der Waals surface area contributed by atoms with Gasteiger partial charge >= 0.3 is 6.18 Å². The van der Waals surface area contributed by atoms with Crippen LogP contribution in [-0.4, -0.2) is 47.1 Å². The molecule has 2 aliphatic heterocycles. The smallest absolute Gasteiger partial charge is 0.347 e. The van der Waals surface area contributed by atoms with Crippen LogP contribution in [0.3, 0.4) is 0 Å². The first-order valence-corrected chi connectivity index (χ1v) is 8.44. The van der Waals surface area contributed by atoms with Crippen molar-refractivity contribution in [3.05, 3.63) is 35.7 Å². The van der Waals surface area contributed by atoms with Crippen molar-refractivity contribution < 1.29 is 27.2 Å². The van der Waals surface area contributed by atoms with Crippen LogP contribution in [0, 0.1) is 0 Å². The van der Waals surface area contributed by atoms with Crippen LogP contribution in [0.15, 0.2) is 28.8 Å². The lowest BCUT2D eigenvalue weighted by atomic mass is 10.0. The molecule has 2 aromatic rings. The summed E-state index contributed by atoms with van der Waals surface area (Å²) in [5, 5.41) is 3.87. The number of hydrogen-bond donors (Lipinski definition) is 0. The molecule has 2 fully saturated rings. The SMILES string of the molecule is FC(F)(F)c1ccc(-c2noc(CN3CCC4(CC3)OCCO4)n2)cc1. The molecule has 2 aliphatic rings. The van der Waals surface area contributed by atoms with Gasteiger partial charge < -0.3 is 14.0 Å². The predicted octanol–water partition coefficient (Wildman–Crippen LogP) is 3.09. The summed E-state index contributed by atoms with van der Waals surface area (Å²) < 4.78 is 54.5. The predicted molar refractivity (Wildman–Crippen MR) is 83.9 cm³/mol. The average Bonchev–Trinajstić information content (AvgIpc) is 3.27. The van der Waals surface area contributed by atoms with E-state index in [1.807, 2.05) is 0 Å². The fourth-order valence-electron chi connectivity index (χ4n) is 3.27. The van der Waals surface area contributed by atoms with Crippen molar-refractivity contribution in [2.75, 3.05) is 26.3 Å². The summed E-state index contributed by atoms with van der Waals surface area (Å²) in [5.41, 5.74) is -0.220. The normalized spacial score (nSPS) is 20.7. The van der Waals surface area contributed by atoms with Gasteiger partial charge in [0, 0.05) is 31.5 Å². The van der Waals surface area contributed by atoms with Gasteiger partial charge in [-0.15, -0.1) is 0 Å². The first-order valence-electron chi connectivity index (χ1n) is 8.44. The zero-order valence-corrected chi connectivity index (χ0v) is 14.0. The first kappa shape index (κ1) is 17.4. The topological polar surface area (TPSA) is 60.6 Å². The highest BCUT2D eigenvalue weighted by Gasteiger charge is 2.40. The Kier molecular flexibility index (Phi) is 4.45. The first-order chi connectivity index (χ1) is 12.4. The van der Waals surface area contributed by atoms with Gasteiger partial charge in [0.05, 0.1) is 25.3 Å². The van der Waals surface area contributed by atoms with E-state index < -0.39 is 17.5 Å². The maximum atomic E-state index is 12.6. The number of piperidine rings is 1. The van der Waals surface area contributed by atoms with E-state index >= 15 is 0 Å². The van der Waals surface area contributed by atoms with E-state index in [0.717, 1.165) is 38.1 Å². The Labute approximate surface area is 147 Å². The second-order valence-electron chi connectivity index (χ2n) is 6.47. The summed E-state index contributed by atoms with van der Waals surface area (Å²) in [6.45, 7) is 3.35. The van der Waals surface area contributed by atoms with E-state index in [-0.39, 0.29) is 5.82 Å². The molecule has 6 nitrogen and oxygen atoms in total. The standard InChI is InChI=1S/C17H18F3N3O3/c18-17(19,20)13-3-1-12(2-4-13)15-21-14(26-22-15)11-23-7-5-16(6-8-23)24-9-10-25-16/h1-4H,5-11H2. The number of nitrogens with zero attached hydrogens (tertiary/aromatic N) is 3. The van der Waals surface area contributed by atoms with Gasteiger partial charge in [-0.1, -0.05) is 17.3 Å². The molecule has 0 bridgehead atoms. The number of aromatic nitrogens is 2. The number of rotatable bonds is 3. The van der Waals surface area contributed by atoms with Crippen molar-refractivity contribution in [2.24, 2.45) is 0 Å². The fourth-order valence-corrected chi connectivity index (χ4v) is 3.27. The highest BCUT2D eigenvalue weighted by Crippen LogP contribution is 2.32. The van der Waals surface area contributed by atoms with Gasteiger partial charge in [-0.3, -0.25) is 4.90 Å². The van der Waals surface area contributed by atoms with Crippen LogP contribution in [0.2, 0.25) is 0 Å². The summed E-state index contributed by atoms with van der Waals surface area (Å²) >= 11 is 0. The second kappa shape index (κ2) is 6.64. The van der Waals surface area contributed by atoms with E-state index in [1.54, 1.807) is 0 Å². The largest absolute Gasteiger partial charge is 0.416 e. The Bertz CT molecular complexity index is 745. The maximum Gasteiger partial charge on any atom is 0.416 e. The van der Waals surface area contributed by atoms with E-state index in [2.05, 4.69) is 15.0 Å². The summed E-state index contributed by atoms with van der Waals surface area (Å²) in [6.07, 6.45) is -2.79. The number of ether oxygens (including phenoxy) is 2. The van der Waals surface area contributed by atoms with Crippen molar-refractivity contribution in [3.8, 4) is 11.4 Å². The molecule has 4 rings (SSSR count). The quantitative estimate of drug-likeness (QED) is 0.829. The number of halogens is 3. The minimum atomic E-state index is -4.36. The van der Waals surface area contributed by atoms with Gasteiger partial charge in [0.1, 0.15) is 0 Å². The van der Waals surface area contributed by atoms with E-state index in [9.17, 15) is 13.2 Å². The lowest BCUT2D eigenvalue weighted by Crippen LogP contribution is -2.44. The number of hydrogen-bond acceptors (Lipinski definition) is 6. The maximum absolute atomic E-state index is 12.6. The minimum absolute atomic E-state index is 0.282. The molecule has 3 heterocycles. The highest BCUT2D eigenvalue weighted by molar-refractivity contribution is 5.54. The molecule has 1 spiro atoms. The van der Waals surface area contributed by atoms with E-state index in [0.29, 0.717) is 31.2 Å². The summed E-state index contributed by atoms with van der Waals surface area (Å²) in [4.78, 5) is 6.46. The molecule has 0 N–H and O–H groups in total. The lowest BCUT2D eigenvalue weighted by Gasteiger charge is -2.36. The third-order valence-corrected chi connectivity index (χ3v) is 4.73. The summed E-state index contributed by atoms with van der Waals surface area (Å²) in [5.74, 6) is 0.283. The molecule has 0 aliphatic carbocycles. The van der Waals surface area contributed by atoms with Crippen molar-refractivity contribution in [3.63, 3.8) is 0 Å². The number of alkyl halides is 3. The van der Waals surface area contributed by atoms with Crippen molar-refractivity contribution >= 4 is 0 Å².